The van der Waals surface area contributed by atoms with Gasteiger partial charge in [0.05, 0.1) is 0 Å². The van der Waals surface area contributed by atoms with Crippen LogP contribution >= 0.6 is 0 Å². The van der Waals surface area contributed by atoms with Gasteiger partial charge in [0.2, 0.25) is 0 Å². The molecule has 0 aliphatic carbocycles. The Labute approximate surface area is 131 Å². The Morgan fingerprint density at radius 2 is 1.76 bits per heavy atom. The van der Waals surface area contributed by atoms with Crippen LogP contribution in [0.15, 0.2) is 18.2 Å². The highest BCUT2D eigenvalue weighted by atomic mass is 16.3. The summed E-state index contributed by atoms with van der Waals surface area (Å²) in [6.45, 7) is 10.2. The molecule has 0 amide bonds. The normalized spacial score (nSPS) is 15.7. The third kappa shape index (κ3) is 4.47. The zero-order valence-corrected chi connectivity index (χ0v) is 14.4. The molecule has 1 aromatic rings. The molecule has 21 heavy (non-hydrogen) atoms. The number of phenols is 1. The third-order valence-corrected chi connectivity index (χ3v) is 4.93. The van der Waals surface area contributed by atoms with E-state index >= 15 is 0 Å². The highest BCUT2D eigenvalue weighted by Gasteiger charge is 2.28. The monoisotopic (exact) mass is 291 g/mol. The lowest BCUT2D eigenvalue weighted by Crippen LogP contribution is -2.29. The Balaban J connectivity index is 3.14. The van der Waals surface area contributed by atoms with Crippen LogP contribution in [0.25, 0.3) is 0 Å². The van der Waals surface area contributed by atoms with Crippen molar-refractivity contribution in [3.05, 3.63) is 29.3 Å². The fourth-order valence-corrected chi connectivity index (χ4v) is 3.82. The van der Waals surface area contributed by atoms with Crippen molar-refractivity contribution in [1.29, 1.82) is 0 Å². The van der Waals surface area contributed by atoms with Crippen LogP contribution in [0.1, 0.15) is 64.0 Å². The van der Waals surface area contributed by atoms with E-state index in [1.165, 1.54) is 24.0 Å². The lowest BCUT2D eigenvalue weighted by molar-refractivity contribution is 0.253. The van der Waals surface area contributed by atoms with E-state index < -0.39 is 0 Å². The van der Waals surface area contributed by atoms with Gasteiger partial charge in [-0.15, -0.1) is 0 Å². The van der Waals surface area contributed by atoms with E-state index in [4.69, 9.17) is 0 Å². The average molecular weight is 291 g/mol. The predicted molar refractivity (Wildman–Crippen MR) is 92.0 cm³/mol. The van der Waals surface area contributed by atoms with Crippen LogP contribution in [0.2, 0.25) is 0 Å². The Morgan fingerprint density at radius 1 is 1.05 bits per heavy atom. The molecule has 1 aromatic carbocycles. The number of hydrogen-bond acceptors (Lipinski definition) is 2. The number of phenolic OH excluding ortho intramolecular Hbond substituents is 1. The van der Waals surface area contributed by atoms with E-state index in [-0.39, 0.29) is 0 Å². The summed E-state index contributed by atoms with van der Waals surface area (Å²) in [5.74, 6) is 2.38. The van der Waals surface area contributed by atoms with E-state index in [1.807, 2.05) is 19.2 Å². The first kappa shape index (κ1) is 18.0. The number of nitrogens with one attached hydrogen (secondary N) is 1. The largest absolute Gasteiger partial charge is 0.508 e. The number of aromatic hydroxyl groups is 1. The van der Waals surface area contributed by atoms with Crippen molar-refractivity contribution in [1.82, 2.24) is 5.32 Å². The van der Waals surface area contributed by atoms with Crippen molar-refractivity contribution in [3.63, 3.8) is 0 Å². The SMILES string of the molecule is CCc1cc(O)ccc1[C@@H](CC)[C@@H](CC)[C@H](CC)CNC. The second-order valence-electron chi connectivity index (χ2n) is 6.05. The van der Waals surface area contributed by atoms with Crippen LogP contribution in [-0.2, 0) is 6.42 Å². The van der Waals surface area contributed by atoms with Crippen LogP contribution in [0.4, 0.5) is 0 Å². The lowest BCUT2D eigenvalue weighted by Gasteiger charge is -2.34. The molecule has 2 heteroatoms. The van der Waals surface area contributed by atoms with Crippen molar-refractivity contribution in [2.24, 2.45) is 11.8 Å². The Morgan fingerprint density at radius 3 is 2.24 bits per heavy atom. The van der Waals surface area contributed by atoms with Crippen molar-refractivity contribution in [2.75, 3.05) is 13.6 Å². The average Bonchev–Trinajstić information content (AvgIpc) is 2.51. The van der Waals surface area contributed by atoms with Crippen LogP contribution in [0.5, 0.6) is 5.75 Å². The van der Waals surface area contributed by atoms with Gasteiger partial charge in [-0.3, -0.25) is 0 Å². The molecular formula is C19H33NO. The minimum absolute atomic E-state index is 0.390. The van der Waals surface area contributed by atoms with Gasteiger partial charge in [0.15, 0.2) is 0 Å². The van der Waals surface area contributed by atoms with Gasteiger partial charge in [-0.05, 0) is 67.4 Å². The first-order valence-corrected chi connectivity index (χ1v) is 8.59. The molecule has 0 aliphatic rings. The second kappa shape index (κ2) is 9.09. The zero-order chi connectivity index (χ0) is 15.8. The summed E-state index contributed by atoms with van der Waals surface area (Å²) >= 11 is 0. The maximum Gasteiger partial charge on any atom is 0.115 e. The molecule has 0 unspecified atom stereocenters. The first-order valence-electron chi connectivity index (χ1n) is 8.59. The van der Waals surface area contributed by atoms with Gasteiger partial charge in [0.25, 0.3) is 0 Å². The lowest BCUT2D eigenvalue weighted by atomic mass is 9.72. The topological polar surface area (TPSA) is 32.3 Å². The molecule has 3 atom stereocenters. The Bertz CT molecular complexity index is 416. The van der Waals surface area contributed by atoms with Crippen molar-refractivity contribution < 1.29 is 5.11 Å². The van der Waals surface area contributed by atoms with Gasteiger partial charge in [-0.25, -0.2) is 0 Å². The Kier molecular flexibility index (Phi) is 7.81. The van der Waals surface area contributed by atoms with Crippen LogP contribution in [0, 0.1) is 11.8 Å². The van der Waals surface area contributed by atoms with Crippen molar-refractivity contribution >= 4 is 0 Å². The summed E-state index contributed by atoms with van der Waals surface area (Å²) < 4.78 is 0. The molecule has 2 nitrogen and oxygen atoms in total. The second-order valence-corrected chi connectivity index (χ2v) is 6.05. The molecule has 0 aliphatic heterocycles. The van der Waals surface area contributed by atoms with Gasteiger partial charge in [0.1, 0.15) is 5.75 Å². The van der Waals surface area contributed by atoms with Gasteiger partial charge in [-0.2, -0.15) is 0 Å². The molecule has 0 saturated carbocycles. The minimum atomic E-state index is 0.390. The predicted octanol–water partition coefficient (Wildman–Crippen LogP) is 4.72. The molecule has 2 N–H and O–H groups in total. The first-order chi connectivity index (χ1) is 10.1. The summed E-state index contributed by atoms with van der Waals surface area (Å²) in [6.07, 6.45) is 4.58. The molecule has 0 radical (unpaired) electrons. The molecule has 120 valence electrons. The molecule has 0 saturated heterocycles. The summed E-state index contributed by atoms with van der Waals surface area (Å²) in [5, 5.41) is 13.1. The number of rotatable bonds is 9. The summed E-state index contributed by atoms with van der Waals surface area (Å²) in [5.41, 5.74) is 2.75. The molecular weight excluding hydrogens is 258 g/mol. The molecule has 0 heterocycles. The molecule has 0 spiro atoms. The van der Waals surface area contributed by atoms with Crippen molar-refractivity contribution in [2.45, 2.75) is 59.3 Å². The number of benzene rings is 1. The minimum Gasteiger partial charge on any atom is -0.508 e. The Hall–Kier alpha value is -1.02. The van der Waals surface area contributed by atoms with Crippen LogP contribution < -0.4 is 5.32 Å². The van der Waals surface area contributed by atoms with Crippen LogP contribution in [-0.4, -0.2) is 18.7 Å². The number of aryl methyl sites for hydroxylation is 1. The summed E-state index contributed by atoms with van der Waals surface area (Å²) in [7, 11) is 2.05. The smallest absolute Gasteiger partial charge is 0.115 e. The highest BCUT2D eigenvalue weighted by molar-refractivity contribution is 5.37. The van der Waals surface area contributed by atoms with Gasteiger partial charge in [0, 0.05) is 0 Å². The summed E-state index contributed by atoms with van der Waals surface area (Å²) in [6, 6.07) is 5.95. The standard InChI is InChI=1S/C19H33NO/c1-6-14-12-16(21)10-11-19(14)18(9-4)17(8-3)15(7-2)13-20-5/h10-12,15,17-18,20-21H,6-9,13H2,1-5H3/t15-,17+,18+/m1/s1. The number of hydrogen-bond donors (Lipinski definition) is 2. The zero-order valence-electron chi connectivity index (χ0n) is 14.4. The van der Waals surface area contributed by atoms with E-state index in [9.17, 15) is 5.11 Å². The quantitative estimate of drug-likeness (QED) is 0.690. The summed E-state index contributed by atoms with van der Waals surface area (Å²) in [4.78, 5) is 0. The maximum atomic E-state index is 9.75. The maximum absolute atomic E-state index is 9.75. The van der Waals surface area contributed by atoms with E-state index in [1.54, 1.807) is 0 Å². The fraction of sp³-hybridized carbons (Fsp3) is 0.684. The third-order valence-electron chi connectivity index (χ3n) is 4.93. The molecule has 0 bridgehead atoms. The van der Waals surface area contributed by atoms with Gasteiger partial charge in [-0.1, -0.05) is 46.6 Å². The van der Waals surface area contributed by atoms with E-state index in [2.05, 4.69) is 39.1 Å². The van der Waals surface area contributed by atoms with E-state index in [0.717, 1.165) is 19.4 Å². The molecule has 1 rings (SSSR count). The van der Waals surface area contributed by atoms with E-state index in [0.29, 0.717) is 23.5 Å². The molecule has 0 aromatic heterocycles. The fourth-order valence-electron chi connectivity index (χ4n) is 3.82. The van der Waals surface area contributed by atoms with Gasteiger partial charge >= 0.3 is 0 Å². The van der Waals surface area contributed by atoms with Gasteiger partial charge < -0.3 is 10.4 Å². The van der Waals surface area contributed by atoms with Crippen LogP contribution in [0.3, 0.4) is 0 Å². The molecule has 0 fully saturated rings. The highest BCUT2D eigenvalue weighted by Crippen LogP contribution is 2.39. The van der Waals surface area contributed by atoms with Crippen molar-refractivity contribution in [3.8, 4) is 5.75 Å².